The number of hydrogen-bond donors (Lipinski definition) is 12. The number of thioether (sulfide) groups is 1. The molecule has 0 saturated heterocycles. The molecule has 53 heavy (non-hydrogen) atoms. The van der Waals surface area contributed by atoms with Crippen molar-refractivity contribution in [1.29, 1.82) is 0 Å². The quantitative estimate of drug-likeness (QED) is 0.0839. The van der Waals surface area contributed by atoms with Crippen molar-refractivity contribution in [3.8, 4) is 0 Å². The summed E-state index contributed by atoms with van der Waals surface area (Å²) in [4.78, 5) is 36.7. The third-order valence-electron chi connectivity index (χ3n) is 5.85. The van der Waals surface area contributed by atoms with Crippen molar-refractivity contribution in [2.24, 2.45) is 27.2 Å². The van der Waals surface area contributed by atoms with Gasteiger partial charge in [-0.3, -0.25) is 9.97 Å². The van der Waals surface area contributed by atoms with Crippen LogP contribution in [0.25, 0.3) is 0 Å². The first-order chi connectivity index (χ1) is 25.2. The van der Waals surface area contributed by atoms with Crippen LogP contribution in [-0.4, -0.2) is 160 Å². The number of guanidine groups is 1. The van der Waals surface area contributed by atoms with E-state index in [1.54, 1.807) is 20.4 Å². The van der Waals surface area contributed by atoms with E-state index in [2.05, 4.69) is 51.9 Å². The van der Waals surface area contributed by atoms with E-state index >= 15 is 0 Å². The number of nitrogens with one attached hydrogen (secondary N) is 6. The van der Waals surface area contributed by atoms with Crippen LogP contribution in [-0.2, 0) is 0 Å². The molecule has 1 atom stereocenters. The predicted octanol–water partition coefficient (Wildman–Crippen LogP) is -0.631. The van der Waals surface area contributed by atoms with Crippen molar-refractivity contribution in [2.45, 2.75) is 24.6 Å². The number of amidine groups is 1. The second-order valence-corrected chi connectivity index (χ2v) is 11.3. The highest BCUT2D eigenvalue weighted by Gasteiger charge is 2.14. The van der Waals surface area contributed by atoms with E-state index in [0.29, 0.717) is 48.7 Å². The fraction of sp³-hybridized carbons (Fsp3) is 0.548. The Hall–Kier alpha value is -4.16. The number of aromatic nitrogens is 2. The molecule has 18 nitrogen and oxygen atoms in total. The molecule has 15 N–H and O–H groups in total. The van der Waals surface area contributed by atoms with Crippen molar-refractivity contribution in [2.75, 3.05) is 92.1 Å². The van der Waals surface area contributed by atoms with E-state index in [-0.39, 0.29) is 43.4 Å². The minimum absolute atomic E-state index is 0.0382. The molecule has 1 aliphatic heterocycles. The molecule has 22 heteroatoms. The molecule has 3 heterocycles. The SMILES string of the molecule is CNCC(F)CNC.CNCC(O)CNC.CSC(N)=Nc1cncc(C(=O)O)c1.NCC(F)CN.O=C(O)c1cncc(NC2=NCC(F)CN2)c1. The van der Waals surface area contributed by atoms with E-state index in [1.165, 1.54) is 48.7 Å². The number of halogens is 3. The van der Waals surface area contributed by atoms with Gasteiger partial charge < -0.3 is 64.4 Å². The van der Waals surface area contributed by atoms with Gasteiger partial charge in [-0.2, -0.15) is 0 Å². The molecular formula is C31H56F3N13O5S. The van der Waals surface area contributed by atoms with Gasteiger partial charge in [-0.1, -0.05) is 11.8 Å². The Morgan fingerprint density at radius 2 is 1.42 bits per heavy atom. The number of carbonyl (C=O) groups is 2. The minimum Gasteiger partial charge on any atom is -0.478 e. The zero-order valence-corrected chi connectivity index (χ0v) is 31.5. The number of pyridine rings is 2. The summed E-state index contributed by atoms with van der Waals surface area (Å²) in [5.41, 5.74) is 16.2. The van der Waals surface area contributed by atoms with Gasteiger partial charge in [0.1, 0.15) is 18.5 Å². The minimum atomic E-state index is -1.05. The lowest BCUT2D eigenvalue weighted by molar-refractivity contribution is 0.0685. The summed E-state index contributed by atoms with van der Waals surface area (Å²) in [6.07, 6.45) is 4.21. The van der Waals surface area contributed by atoms with Crippen LogP contribution in [0, 0.1) is 0 Å². The Bertz CT molecular complexity index is 1310. The molecule has 1 unspecified atom stereocenters. The van der Waals surface area contributed by atoms with Gasteiger partial charge in [0.25, 0.3) is 0 Å². The molecule has 2 aromatic rings. The summed E-state index contributed by atoms with van der Waals surface area (Å²) >= 11 is 1.29. The molecular weight excluding hydrogens is 723 g/mol. The normalized spacial score (nSPS) is 13.4. The number of aromatic carboxylic acids is 2. The Morgan fingerprint density at radius 3 is 1.83 bits per heavy atom. The maximum Gasteiger partial charge on any atom is 0.337 e. The number of rotatable bonds is 14. The Kier molecular flexibility index (Phi) is 31.2. The fourth-order valence-corrected chi connectivity index (χ4v) is 3.49. The van der Waals surface area contributed by atoms with Crippen molar-refractivity contribution < 1.29 is 38.1 Å². The molecule has 1 aliphatic rings. The molecule has 0 saturated carbocycles. The number of nitrogens with two attached hydrogens (primary N) is 3. The molecule has 0 aromatic carbocycles. The third-order valence-corrected chi connectivity index (χ3v) is 6.36. The number of nitrogens with zero attached hydrogens (tertiary/aromatic N) is 4. The van der Waals surface area contributed by atoms with E-state index in [4.69, 9.17) is 32.5 Å². The first-order valence-electron chi connectivity index (χ1n) is 16.1. The summed E-state index contributed by atoms with van der Waals surface area (Å²) in [5, 5.41) is 43.6. The van der Waals surface area contributed by atoms with Crippen LogP contribution in [0.3, 0.4) is 0 Å². The van der Waals surface area contributed by atoms with Gasteiger partial charge in [0.05, 0.1) is 54.1 Å². The number of aliphatic hydroxyl groups is 1. The van der Waals surface area contributed by atoms with Crippen molar-refractivity contribution in [3.05, 3.63) is 48.0 Å². The Labute approximate surface area is 312 Å². The van der Waals surface area contributed by atoms with Crippen molar-refractivity contribution in [3.63, 3.8) is 0 Å². The van der Waals surface area contributed by atoms with Gasteiger partial charge in [0, 0.05) is 51.7 Å². The van der Waals surface area contributed by atoms with Gasteiger partial charge in [-0.15, -0.1) is 0 Å². The van der Waals surface area contributed by atoms with Crippen LogP contribution < -0.4 is 49.1 Å². The largest absolute Gasteiger partial charge is 0.478 e. The standard InChI is InChI=1S/C10H11FN4O2.C8H9N3O2S.C5H13FN2.C5H14N2O.C3H9FN2/c11-7-3-13-10(14-4-7)15-8-1-6(9(16)17)2-12-5-8;1-14-8(9)11-6-2-5(7(12)13)3-10-4-6;1-7-3-5(6)4-8-2;1-6-3-5(8)4-7-2;4-3(1-5)2-6/h1-2,5,7H,3-4H2,(H,16,17)(H2,13,14,15);2-4H,1H3,(H2,9,11)(H,12,13);5,7-8H,3-4H2,1-2H3;5-8H,3-4H2,1-2H3;3H,1-2,5-6H2. The molecule has 0 aliphatic carbocycles. The average Bonchev–Trinajstić information content (AvgIpc) is 3.14. The van der Waals surface area contributed by atoms with Gasteiger partial charge in [-0.25, -0.2) is 32.7 Å². The lowest BCUT2D eigenvalue weighted by Gasteiger charge is -2.18. The summed E-state index contributed by atoms with van der Waals surface area (Å²) in [5.74, 6) is -1.66. The number of aliphatic imine (C=N–C) groups is 2. The first-order valence-corrected chi connectivity index (χ1v) is 17.3. The zero-order chi connectivity index (χ0) is 40.6. The zero-order valence-electron chi connectivity index (χ0n) is 30.7. The predicted molar refractivity (Wildman–Crippen MR) is 206 cm³/mol. The number of hydrogen-bond acceptors (Lipinski definition) is 16. The molecule has 302 valence electrons. The maximum atomic E-state index is 12.8. The lowest BCUT2D eigenvalue weighted by Crippen LogP contribution is -2.40. The number of carboxylic acids is 2. The third kappa shape index (κ3) is 28.1. The number of aliphatic hydroxyl groups excluding tert-OH is 1. The van der Waals surface area contributed by atoms with Crippen LogP contribution >= 0.6 is 11.8 Å². The summed E-state index contributed by atoms with van der Waals surface area (Å²) in [7, 11) is 7.11. The van der Waals surface area contributed by atoms with Gasteiger partial charge >= 0.3 is 11.9 Å². The number of carboxylic acid groups (broad SMARTS) is 2. The van der Waals surface area contributed by atoms with Crippen LogP contribution in [0.15, 0.2) is 46.9 Å². The van der Waals surface area contributed by atoms with Crippen LogP contribution in [0.5, 0.6) is 0 Å². The summed E-state index contributed by atoms with van der Waals surface area (Å²) in [6, 6.07) is 2.85. The highest BCUT2D eigenvalue weighted by Crippen LogP contribution is 2.13. The lowest BCUT2D eigenvalue weighted by atomic mass is 10.2. The van der Waals surface area contributed by atoms with E-state index in [1.807, 2.05) is 14.1 Å². The van der Waals surface area contributed by atoms with Crippen molar-refractivity contribution >= 4 is 46.2 Å². The van der Waals surface area contributed by atoms with Crippen LogP contribution in [0.1, 0.15) is 20.7 Å². The van der Waals surface area contributed by atoms with Gasteiger partial charge in [0.15, 0.2) is 11.1 Å². The second kappa shape index (κ2) is 32.5. The molecule has 0 bridgehead atoms. The summed E-state index contributed by atoms with van der Waals surface area (Å²) in [6.45, 7) is 2.54. The van der Waals surface area contributed by atoms with Gasteiger partial charge in [0.2, 0.25) is 0 Å². The Balaban J connectivity index is 0. The van der Waals surface area contributed by atoms with Crippen LogP contribution in [0.4, 0.5) is 24.5 Å². The number of anilines is 1. The smallest absolute Gasteiger partial charge is 0.337 e. The monoisotopic (exact) mass is 779 g/mol. The highest BCUT2D eigenvalue weighted by molar-refractivity contribution is 8.13. The molecule has 3 rings (SSSR count). The van der Waals surface area contributed by atoms with E-state index < -0.39 is 30.5 Å². The summed E-state index contributed by atoms with van der Waals surface area (Å²) < 4.78 is 36.7. The molecule has 2 aromatic heterocycles. The van der Waals surface area contributed by atoms with Crippen molar-refractivity contribution in [1.82, 2.24) is 36.6 Å². The number of alkyl halides is 3. The second-order valence-electron chi connectivity index (χ2n) is 10.5. The topological polar surface area (TPSA) is 296 Å². The maximum absolute atomic E-state index is 12.8. The fourth-order valence-electron chi connectivity index (χ4n) is 3.30. The first kappa shape index (κ1) is 50.9. The average molecular weight is 780 g/mol. The molecule has 0 fully saturated rings. The van der Waals surface area contributed by atoms with E-state index in [9.17, 15) is 22.8 Å². The molecule has 0 spiro atoms. The molecule has 0 radical (unpaired) electrons. The molecule has 0 amide bonds. The Morgan fingerprint density at radius 1 is 0.906 bits per heavy atom. The van der Waals surface area contributed by atoms with E-state index in [0.717, 1.165) is 0 Å². The highest BCUT2D eigenvalue weighted by atomic mass is 32.2. The van der Waals surface area contributed by atoms with Crippen LogP contribution in [0.2, 0.25) is 0 Å². The van der Waals surface area contributed by atoms with Gasteiger partial charge in [-0.05, 0) is 46.6 Å². The number of likely N-dealkylation sites (N-methyl/N-ethyl adjacent to an activating group) is 2.